The van der Waals surface area contributed by atoms with Crippen LogP contribution in [0.1, 0.15) is 265 Å². The fraction of sp³-hybridized carbons (Fsp3) is 0.657. The maximum absolute atomic E-state index is 12.8. The lowest BCUT2D eigenvalue weighted by molar-refractivity contribution is -0.167. The van der Waals surface area contributed by atoms with Crippen LogP contribution in [0.2, 0.25) is 0 Å². The summed E-state index contributed by atoms with van der Waals surface area (Å²) in [7, 11) is 0. The summed E-state index contributed by atoms with van der Waals surface area (Å²) in [5.74, 6) is -0.914. The second-order valence-corrected chi connectivity index (χ2v) is 19.5. The number of rotatable bonds is 53. The smallest absolute Gasteiger partial charge is 0.306 e. The number of carbonyl (C=O) groups is 3. The van der Waals surface area contributed by atoms with Gasteiger partial charge in [-0.2, -0.15) is 0 Å². The Bertz CT molecular complexity index is 1540. The van der Waals surface area contributed by atoms with E-state index in [9.17, 15) is 14.4 Å². The fourth-order valence-corrected chi connectivity index (χ4v) is 8.00. The number of ether oxygens (including phenoxy) is 3. The Balaban J connectivity index is 4.19. The van der Waals surface area contributed by atoms with Crippen LogP contribution in [0.15, 0.2) is 122 Å². The predicted molar refractivity (Wildman–Crippen MR) is 316 cm³/mol. The van der Waals surface area contributed by atoms with Gasteiger partial charge in [-0.3, -0.25) is 14.4 Å². The van der Waals surface area contributed by atoms with Gasteiger partial charge in [0.15, 0.2) is 6.10 Å². The molecule has 0 aliphatic rings. The van der Waals surface area contributed by atoms with Crippen molar-refractivity contribution in [2.24, 2.45) is 0 Å². The van der Waals surface area contributed by atoms with Crippen LogP contribution < -0.4 is 0 Å². The summed E-state index contributed by atoms with van der Waals surface area (Å²) in [6.45, 7) is 6.47. The molecule has 0 aliphatic carbocycles. The van der Waals surface area contributed by atoms with Crippen LogP contribution in [-0.4, -0.2) is 37.2 Å². The van der Waals surface area contributed by atoms with Crippen molar-refractivity contribution < 1.29 is 28.6 Å². The molecule has 73 heavy (non-hydrogen) atoms. The van der Waals surface area contributed by atoms with Crippen LogP contribution in [0.5, 0.6) is 0 Å². The van der Waals surface area contributed by atoms with Gasteiger partial charge < -0.3 is 14.2 Å². The van der Waals surface area contributed by atoms with E-state index in [0.29, 0.717) is 19.3 Å². The molecule has 0 aromatic carbocycles. The molecule has 0 rings (SSSR count). The largest absolute Gasteiger partial charge is 0.462 e. The van der Waals surface area contributed by atoms with E-state index < -0.39 is 6.10 Å². The highest BCUT2D eigenvalue weighted by Gasteiger charge is 2.19. The van der Waals surface area contributed by atoms with Gasteiger partial charge in [0.2, 0.25) is 0 Å². The van der Waals surface area contributed by atoms with Crippen LogP contribution >= 0.6 is 0 Å². The van der Waals surface area contributed by atoms with Crippen molar-refractivity contribution in [2.75, 3.05) is 13.2 Å². The molecule has 1 unspecified atom stereocenters. The van der Waals surface area contributed by atoms with Gasteiger partial charge >= 0.3 is 17.9 Å². The van der Waals surface area contributed by atoms with Crippen molar-refractivity contribution in [1.29, 1.82) is 0 Å². The predicted octanol–water partition coefficient (Wildman–Crippen LogP) is 20.4. The Labute approximate surface area is 450 Å². The van der Waals surface area contributed by atoms with Crippen LogP contribution in [0, 0.1) is 0 Å². The molecule has 0 amide bonds. The van der Waals surface area contributed by atoms with Gasteiger partial charge in [0.1, 0.15) is 13.2 Å². The zero-order valence-electron chi connectivity index (χ0n) is 47.4. The second-order valence-electron chi connectivity index (χ2n) is 19.5. The Kier molecular flexibility index (Phi) is 56.9. The van der Waals surface area contributed by atoms with E-state index >= 15 is 0 Å². The van der Waals surface area contributed by atoms with Gasteiger partial charge in [-0.25, -0.2) is 0 Å². The zero-order chi connectivity index (χ0) is 52.9. The van der Waals surface area contributed by atoms with Crippen molar-refractivity contribution in [1.82, 2.24) is 0 Å². The van der Waals surface area contributed by atoms with E-state index in [2.05, 4.69) is 142 Å². The quantitative estimate of drug-likeness (QED) is 0.0261. The van der Waals surface area contributed by atoms with Crippen LogP contribution in [0.25, 0.3) is 0 Å². The standard InChI is InChI=1S/C67H110O6/c1-4-7-10-13-16-19-21-22-23-24-25-26-27-28-29-30-31-32-33-34-35-36-37-38-39-40-41-42-43-44-46-48-51-54-57-60-66(69)72-63-64(62-71-65(68)59-56-53-50-47-18-15-12-9-6-3)73-67(70)61-58-55-52-49-45-20-17-14-11-8-5-2/h7,10,16,19,22-23,25-26,28-29,31-32,34-35,37-38,40-41,43-44,64H,4-6,8-9,11-15,17-18,20-21,24,27,30,33,36,39,42,45-63H2,1-3H3/b10-7-,19-16-,23-22-,26-25-,29-28-,32-31-,35-34-,38-37-,41-40-,44-43-. The molecule has 0 radical (unpaired) electrons. The first-order chi connectivity index (χ1) is 36.0. The Hall–Kier alpha value is -4.19. The lowest BCUT2D eigenvalue weighted by Gasteiger charge is -2.18. The molecule has 0 heterocycles. The summed E-state index contributed by atoms with van der Waals surface area (Å²) >= 11 is 0. The van der Waals surface area contributed by atoms with Crippen LogP contribution in [0.4, 0.5) is 0 Å². The highest BCUT2D eigenvalue weighted by Crippen LogP contribution is 2.15. The van der Waals surface area contributed by atoms with Gasteiger partial charge in [-0.05, 0) is 96.3 Å². The topological polar surface area (TPSA) is 78.9 Å². The minimum absolute atomic E-state index is 0.0843. The molecular weight excluding hydrogens is 901 g/mol. The molecule has 6 heteroatoms. The monoisotopic (exact) mass is 1010 g/mol. The maximum Gasteiger partial charge on any atom is 0.306 e. The highest BCUT2D eigenvalue weighted by atomic mass is 16.6. The first-order valence-corrected chi connectivity index (χ1v) is 30.0. The van der Waals surface area contributed by atoms with Gasteiger partial charge in [0.25, 0.3) is 0 Å². The third-order valence-electron chi connectivity index (χ3n) is 12.5. The number of unbranched alkanes of at least 4 members (excludes halogenated alkanes) is 22. The third kappa shape index (κ3) is 58.6. The highest BCUT2D eigenvalue weighted by molar-refractivity contribution is 5.71. The van der Waals surface area contributed by atoms with E-state index in [0.717, 1.165) is 135 Å². The Morgan fingerprint density at radius 3 is 0.836 bits per heavy atom. The van der Waals surface area contributed by atoms with Gasteiger partial charge in [0.05, 0.1) is 0 Å². The maximum atomic E-state index is 12.8. The molecule has 0 aromatic rings. The summed E-state index contributed by atoms with van der Waals surface area (Å²) in [4.78, 5) is 37.9. The van der Waals surface area contributed by atoms with Gasteiger partial charge in [-0.15, -0.1) is 0 Å². The number of esters is 3. The van der Waals surface area contributed by atoms with E-state index in [1.54, 1.807) is 0 Å². The minimum Gasteiger partial charge on any atom is -0.462 e. The molecule has 0 saturated heterocycles. The van der Waals surface area contributed by atoms with Crippen molar-refractivity contribution >= 4 is 17.9 Å². The average molecular weight is 1010 g/mol. The Morgan fingerprint density at radius 2 is 0.534 bits per heavy atom. The van der Waals surface area contributed by atoms with E-state index in [1.807, 2.05) is 0 Å². The SMILES string of the molecule is CC/C=C\C/C=C\C/C=C\C/C=C\C/C=C\C/C=C\C/C=C\C/C=C\C/C=C\C/C=C\CCCCCCC(=O)OCC(COC(=O)CCCCCCCCCCC)OC(=O)CCCCCCCCCCCCC. The summed E-state index contributed by atoms with van der Waals surface area (Å²) in [6.07, 6.45) is 83.6. The van der Waals surface area contributed by atoms with Gasteiger partial charge in [0, 0.05) is 19.3 Å². The summed E-state index contributed by atoms with van der Waals surface area (Å²) in [5.41, 5.74) is 0. The van der Waals surface area contributed by atoms with Crippen LogP contribution in [-0.2, 0) is 28.6 Å². The molecule has 0 N–H and O–H groups in total. The lowest BCUT2D eigenvalue weighted by Crippen LogP contribution is -2.30. The molecule has 414 valence electrons. The van der Waals surface area contributed by atoms with Crippen molar-refractivity contribution in [3.05, 3.63) is 122 Å². The van der Waals surface area contributed by atoms with E-state index in [1.165, 1.54) is 89.9 Å². The molecule has 1 atom stereocenters. The lowest BCUT2D eigenvalue weighted by atomic mass is 10.1. The van der Waals surface area contributed by atoms with Gasteiger partial charge in [-0.1, -0.05) is 271 Å². The molecule has 0 spiro atoms. The number of allylic oxidation sites excluding steroid dienone is 20. The number of hydrogen-bond donors (Lipinski definition) is 0. The number of hydrogen-bond acceptors (Lipinski definition) is 6. The summed E-state index contributed by atoms with van der Waals surface area (Å²) < 4.78 is 16.8. The number of carbonyl (C=O) groups excluding carboxylic acids is 3. The molecular formula is C67H110O6. The third-order valence-corrected chi connectivity index (χ3v) is 12.5. The van der Waals surface area contributed by atoms with Crippen LogP contribution in [0.3, 0.4) is 0 Å². The average Bonchev–Trinajstić information content (AvgIpc) is 3.39. The normalized spacial score (nSPS) is 13.0. The van der Waals surface area contributed by atoms with E-state index in [-0.39, 0.29) is 31.1 Å². The van der Waals surface area contributed by atoms with E-state index in [4.69, 9.17) is 14.2 Å². The molecule has 0 bridgehead atoms. The molecule has 0 fully saturated rings. The first-order valence-electron chi connectivity index (χ1n) is 30.0. The Morgan fingerprint density at radius 1 is 0.288 bits per heavy atom. The molecule has 0 aliphatic heterocycles. The van der Waals surface area contributed by atoms with Crippen molar-refractivity contribution in [3.63, 3.8) is 0 Å². The molecule has 0 saturated carbocycles. The molecule has 0 aromatic heterocycles. The zero-order valence-corrected chi connectivity index (χ0v) is 47.4. The summed E-state index contributed by atoms with van der Waals surface area (Å²) in [5, 5.41) is 0. The fourth-order valence-electron chi connectivity index (χ4n) is 8.00. The summed E-state index contributed by atoms with van der Waals surface area (Å²) in [6, 6.07) is 0. The molecule has 6 nitrogen and oxygen atoms in total. The second kappa shape index (κ2) is 60.4. The van der Waals surface area contributed by atoms with Crippen molar-refractivity contribution in [3.8, 4) is 0 Å². The van der Waals surface area contributed by atoms with Crippen molar-refractivity contribution in [2.45, 2.75) is 271 Å². The first kappa shape index (κ1) is 68.8. The minimum atomic E-state index is -0.785.